The average Bonchev–Trinajstić information content (AvgIpc) is 2.75. The summed E-state index contributed by atoms with van der Waals surface area (Å²) >= 11 is 1.14. The Bertz CT molecular complexity index is 447. The molecule has 0 radical (unpaired) electrons. The van der Waals surface area contributed by atoms with E-state index in [1.807, 2.05) is 0 Å². The average molecular weight is 301 g/mol. The van der Waals surface area contributed by atoms with Gasteiger partial charge >= 0.3 is 0 Å². The summed E-state index contributed by atoms with van der Waals surface area (Å²) in [4.78, 5) is 0. The van der Waals surface area contributed by atoms with Gasteiger partial charge in [0.1, 0.15) is 5.75 Å². The Hall–Kier alpha value is -0.340. The summed E-state index contributed by atoms with van der Waals surface area (Å²) in [5, 5.41) is 1.69. The monoisotopic (exact) mass is 300 g/mol. The molecule has 0 saturated carbocycles. The van der Waals surface area contributed by atoms with Crippen LogP contribution in [0.15, 0.2) is 15.7 Å². The second kappa shape index (κ2) is 6.55. The van der Waals surface area contributed by atoms with Crippen LogP contribution in [-0.4, -0.2) is 39.5 Å². The molecule has 1 atom stereocenters. The molecule has 0 spiro atoms. The number of rotatable bonds is 5. The number of methoxy groups -OCH3 is 1. The van der Waals surface area contributed by atoms with Gasteiger partial charge in [-0.25, -0.2) is 8.42 Å². The van der Waals surface area contributed by atoms with Crippen LogP contribution in [0.25, 0.3) is 0 Å². The smallest absolute Gasteiger partial charge is 0.256 e. The molecule has 100 valence electrons. The molecule has 1 aromatic rings. The van der Waals surface area contributed by atoms with Gasteiger partial charge in [-0.15, -0.1) is 23.7 Å². The van der Waals surface area contributed by atoms with E-state index in [1.54, 1.807) is 18.4 Å². The molecule has 1 heterocycles. The summed E-state index contributed by atoms with van der Waals surface area (Å²) in [6.07, 6.45) is 0. The standard InChI is InChI=1S/C9H16N2O3S2.ClH/c1-7(6-10)11(2)16(12,13)9-8(14-3)4-5-15-9;/h4-5,7H,6,10H2,1-3H3;1H. The van der Waals surface area contributed by atoms with Gasteiger partial charge in [0.15, 0.2) is 4.21 Å². The quantitative estimate of drug-likeness (QED) is 0.885. The Morgan fingerprint density at radius 3 is 2.65 bits per heavy atom. The maximum atomic E-state index is 12.2. The predicted octanol–water partition coefficient (Wildman–Crippen LogP) is 1.15. The summed E-state index contributed by atoms with van der Waals surface area (Å²) in [5.41, 5.74) is 5.46. The van der Waals surface area contributed by atoms with Gasteiger partial charge in [-0.2, -0.15) is 4.31 Å². The molecule has 1 rings (SSSR count). The number of nitrogens with two attached hydrogens (primary N) is 1. The maximum Gasteiger partial charge on any atom is 0.256 e. The number of ether oxygens (including phenoxy) is 1. The normalized spacial score (nSPS) is 13.2. The van der Waals surface area contributed by atoms with Crippen molar-refractivity contribution >= 4 is 33.8 Å². The zero-order valence-corrected chi connectivity index (χ0v) is 12.4. The largest absolute Gasteiger partial charge is 0.494 e. The van der Waals surface area contributed by atoms with Crippen LogP contribution in [0.1, 0.15) is 6.92 Å². The molecule has 0 bridgehead atoms. The Labute approximate surface area is 112 Å². The van der Waals surface area contributed by atoms with Gasteiger partial charge in [0.25, 0.3) is 10.0 Å². The minimum absolute atomic E-state index is 0. The van der Waals surface area contributed by atoms with Crippen LogP contribution >= 0.6 is 23.7 Å². The van der Waals surface area contributed by atoms with Crippen molar-refractivity contribution in [3.63, 3.8) is 0 Å². The van der Waals surface area contributed by atoms with Gasteiger partial charge in [0.2, 0.25) is 0 Å². The molecule has 0 aliphatic carbocycles. The number of nitrogens with zero attached hydrogens (tertiary/aromatic N) is 1. The predicted molar refractivity (Wildman–Crippen MR) is 71.6 cm³/mol. The number of thiophene rings is 1. The Morgan fingerprint density at radius 1 is 1.59 bits per heavy atom. The minimum Gasteiger partial charge on any atom is -0.494 e. The SMILES string of the molecule is COc1ccsc1S(=O)(=O)N(C)C(C)CN.Cl. The summed E-state index contributed by atoms with van der Waals surface area (Å²) in [7, 11) is -0.531. The maximum absolute atomic E-state index is 12.2. The lowest BCUT2D eigenvalue weighted by Crippen LogP contribution is -2.39. The second-order valence-electron chi connectivity index (χ2n) is 3.38. The van der Waals surface area contributed by atoms with Gasteiger partial charge in [-0.1, -0.05) is 0 Å². The molecule has 5 nitrogen and oxygen atoms in total. The molecule has 0 aliphatic heterocycles. The van der Waals surface area contributed by atoms with Gasteiger partial charge in [0, 0.05) is 19.6 Å². The molecular formula is C9H17ClN2O3S2. The van der Waals surface area contributed by atoms with E-state index in [2.05, 4.69) is 0 Å². The van der Waals surface area contributed by atoms with Crippen molar-refractivity contribution in [3.8, 4) is 5.75 Å². The first-order chi connectivity index (χ1) is 7.45. The lowest BCUT2D eigenvalue weighted by Gasteiger charge is -2.22. The fraction of sp³-hybridized carbons (Fsp3) is 0.556. The number of halogens is 1. The molecule has 1 unspecified atom stereocenters. The number of hydrogen-bond donors (Lipinski definition) is 1. The number of hydrogen-bond acceptors (Lipinski definition) is 5. The van der Waals surface area contributed by atoms with Crippen LogP contribution in [0, 0.1) is 0 Å². The van der Waals surface area contributed by atoms with E-state index in [1.165, 1.54) is 18.5 Å². The van der Waals surface area contributed by atoms with E-state index in [4.69, 9.17) is 10.5 Å². The fourth-order valence-electron chi connectivity index (χ4n) is 1.14. The highest BCUT2D eigenvalue weighted by Gasteiger charge is 2.28. The van der Waals surface area contributed by atoms with Crippen molar-refractivity contribution in [1.29, 1.82) is 0 Å². The minimum atomic E-state index is -3.50. The summed E-state index contributed by atoms with van der Waals surface area (Å²) < 4.78 is 30.8. The lowest BCUT2D eigenvalue weighted by atomic mass is 10.4. The van der Waals surface area contributed by atoms with E-state index in [9.17, 15) is 8.42 Å². The number of likely N-dealkylation sites (N-methyl/N-ethyl adjacent to an activating group) is 1. The van der Waals surface area contributed by atoms with Crippen molar-refractivity contribution in [3.05, 3.63) is 11.4 Å². The van der Waals surface area contributed by atoms with E-state index >= 15 is 0 Å². The van der Waals surface area contributed by atoms with Crippen molar-refractivity contribution in [1.82, 2.24) is 4.31 Å². The van der Waals surface area contributed by atoms with Gasteiger partial charge in [-0.3, -0.25) is 0 Å². The molecule has 0 fully saturated rings. The summed E-state index contributed by atoms with van der Waals surface area (Å²) in [6, 6.07) is 1.40. The Kier molecular flexibility index (Phi) is 6.42. The topological polar surface area (TPSA) is 72.6 Å². The van der Waals surface area contributed by atoms with Gasteiger partial charge < -0.3 is 10.5 Å². The third-order valence-corrected chi connectivity index (χ3v) is 5.79. The van der Waals surface area contributed by atoms with Crippen molar-refractivity contribution < 1.29 is 13.2 Å². The highest BCUT2D eigenvalue weighted by molar-refractivity contribution is 7.91. The van der Waals surface area contributed by atoms with Crippen LogP contribution in [0.2, 0.25) is 0 Å². The van der Waals surface area contributed by atoms with E-state index in [-0.39, 0.29) is 29.2 Å². The Morgan fingerprint density at radius 2 is 2.18 bits per heavy atom. The third-order valence-electron chi connectivity index (χ3n) is 2.39. The van der Waals surface area contributed by atoms with E-state index < -0.39 is 10.0 Å². The molecule has 2 N–H and O–H groups in total. The van der Waals surface area contributed by atoms with Gasteiger partial charge in [0.05, 0.1) is 7.11 Å². The summed E-state index contributed by atoms with van der Waals surface area (Å²) in [5.74, 6) is 0.376. The molecule has 1 aromatic heterocycles. The van der Waals surface area contributed by atoms with E-state index in [0.29, 0.717) is 5.75 Å². The molecule has 8 heteroatoms. The number of sulfonamides is 1. The fourth-order valence-corrected chi connectivity index (χ4v) is 3.95. The lowest BCUT2D eigenvalue weighted by molar-refractivity contribution is 0.384. The van der Waals surface area contributed by atoms with Gasteiger partial charge in [-0.05, 0) is 18.4 Å². The van der Waals surface area contributed by atoms with Crippen LogP contribution in [0.4, 0.5) is 0 Å². The highest BCUT2D eigenvalue weighted by atomic mass is 35.5. The molecule has 0 saturated heterocycles. The van der Waals surface area contributed by atoms with Crippen molar-refractivity contribution in [2.75, 3.05) is 20.7 Å². The molecule has 0 aliphatic rings. The highest BCUT2D eigenvalue weighted by Crippen LogP contribution is 2.31. The Balaban J connectivity index is 0.00000256. The first-order valence-electron chi connectivity index (χ1n) is 4.74. The zero-order valence-electron chi connectivity index (χ0n) is 9.91. The molecular weight excluding hydrogens is 284 g/mol. The third kappa shape index (κ3) is 3.32. The van der Waals surface area contributed by atoms with Crippen LogP contribution < -0.4 is 10.5 Å². The summed E-state index contributed by atoms with van der Waals surface area (Å²) in [6.45, 7) is 2.04. The van der Waals surface area contributed by atoms with Crippen LogP contribution in [-0.2, 0) is 10.0 Å². The first-order valence-corrected chi connectivity index (χ1v) is 7.06. The molecule has 17 heavy (non-hydrogen) atoms. The molecule has 0 amide bonds. The van der Waals surface area contributed by atoms with E-state index in [0.717, 1.165) is 11.3 Å². The molecule has 0 aromatic carbocycles. The second-order valence-corrected chi connectivity index (χ2v) is 6.49. The van der Waals surface area contributed by atoms with Crippen molar-refractivity contribution in [2.45, 2.75) is 17.2 Å². The van der Waals surface area contributed by atoms with Crippen LogP contribution in [0.3, 0.4) is 0 Å². The first kappa shape index (κ1) is 16.7. The zero-order chi connectivity index (χ0) is 12.3. The van der Waals surface area contributed by atoms with Crippen LogP contribution in [0.5, 0.6) is 5.75 Å². The van der Waals surface area contributed by atoms with Crippen molar-refractivity contribution in [2.24, 2.45) is 5.73 Å².